The summed E-state index contributed by atoms with van der Waals surface area (Å²) in [7, 11) is 0. The zero-order valence-corrected chi connectivity index (χ0v) is 12.2. The molecule has 0 saturated carbocycles. The molecule has 1 aromatic carbocycles. The van der Waals surface area contributed by atoms with Crippen molar-refractivity contribution in [2.24, 2.45) is 0 Å². The van der Waals surface area contributed by atoms with Gasteiger partial charge in [-0.05, 0) is 31.2 Å². The van der Waals surface area contributed by atoms with Gasteiger partial charge in [-0.25, -0.2) is 9.97 Å². The van der Waals surface area contributed by atoms with Crippen LogP contribution in [0.2, 0.25) is 5.02 Å². The Labute approximate surface area is 128 Å². The smallest absolute Gasteiger partial charge is 0.223 e. The summed E-state index contributed by atoms with van der Waals surface area (Å²) >= 11 is 6.01. The third-order valence-corrected chi connectivity index (χ3v) is 3.78. The SMILES string of the molecule is O[C@@H]1CNCC[C@H]1Nc1nccc(-c2cccc(Cl)c2)n1. The second-order valence-electron chi connectivity index (χ2n) is 5.09. The van der Waals surface area contributed by atoms with Crippen molar-refractivity contribution in [2.45, 2.75) is 18.6 Å². The van der Waals surface area contributed by atoms with Gasteiger partial charge < -0.3 is 15.7 Å². The maximum atomic E-state index is 9.95. The highest BCUT2D eigenvalue weighted by atomic mass is 35.5. The Hall–Kier alpha value is -1.69. The molecule has 1 aliphatic heterocycles. The number of hydrogen-bond donors (Lipinski definition) is 3. The molecule has 2 atom stereocenters. The molecule has 3 rings (SSSR count). The summed E-state index contributed by atoms with van der Waals surface area (Å²) in [6, 6.07) is 9.36. The van der Waals surface area contributed by atoms with Crippen LogP contribution in [0.25, 0.3) is 11.3 Å². The molecule has 0 radical (unpaired) electrons. The van der Waals surface area contributed by atoms with E-state index < -0.39 is 6.10 Å². The van der Waals surface area contributed by atoms with Gasteiger partial charge in [0, 0.05) is 23.3 Å². The fraction of sp³-hybridized carbons (Fsp3) is 0.333. The topological polar surface area (TPSA) is 70.1 Å². The molecule has 1 fully saturated rings. The summed E-state index contributed by atoms with van der Waals surface area (Å²) in [6.45, 7) is 1.47. The number of aromatic nitrogens is 2. The van der Waals surface area contributed by atoms with Crippen molar-refractivity contribution < 1.29 is 5.11 Å². The molecule has 6 heteroatoms. The van der Waals surface area contributed by atoms with E-state index in [1.807, 2.05) is 30.3 Å². The van der Waals surface area contributed by atoms with Gasteiger partial charge in [0.25, 0.3) is 0 Å². The highest BCUT2D eigenvalue weighted by Gasteiger charge is 2.23. The molecule has 3 N–H and O–H groups in total. The standard InChI is InChI=1S/C15H17ClN4O/c16-11-3-1-2-10(8-11)12-5-7-18-15(19-12)20-13-4-6-17-9-14(13)21/h1-3,5,7-8,13-14,17,21H,4,6,9H2,(H,18,19,20)/t13-,14-/m1/s1. The van der Waals surface area contributed by atoms with Crippen LogP contribution in [0.5, 0.6) is 0 Å². The van der Waals surface area contributed by atoms with Crippen molar-refractivity contribution in [1.82, 2.24) is 15.3 Å². The Morgan fingerprint density at radius 1 is 1.33 bits per heavy atom. The fourth-order valence-electron chi connectivity index (χ4n) is 2.41. The summed E-state index contributed by atoms with van der Waals surface area (Å²) in [5.74, 6) is 0.526. The number of nitrogens with one attached hydrogen (secondary N) is 2. The van der Waals surface area contributed by atoms with Crippen molar-refractivity contribution in [3.05, 3.63) is 41.6 Å². The molecule has 110 valence electrons. The molecule has 0 spiro atoms. The second-order valence-corrected chi connectivity index (χ2v) is 5.52. The molecule has 0 bridgehead atoms. The number of β-amino-alcohol motifs (C(OH)–C–C–N with tert-alkyl or cyclic N) is 1. The van der Waals surface area contributed by atoms with Crippen molar-refractivity contribution in [3.63, 3.8) is 0 Å². The second kappa shape index (κ2) is 6.39. The van der Waals surface area contributed by atoms with Gasteiger partial charge in [-0.1, -0.05) is 23.7 Å². The van der Waals surface area contributed by atoms with Crippen molar-refractivity contribution in [1.29, 1.82) is 0 Å². The molecule has 0 aliphatic carbocycles. The van der Waals surface area contributed by atoms with Crippen LogP contribution in [-0.2, 0) is 0 Å². The van der Waals surface area contributed by atoms with Gasteiger partial charge in [-0.3, -0.25) is 0 Å². The number of halogens is 1. The fourth-order valence-corrected chi connectivity index (χ4v) is 2.60. The Bertz CT molecular complexity index is 622. The molecule has 1 aromatic heterocycles. The first-order valence-corrected chi connectivity index (χ1v) is 7.34. The van der Waals surface area contributed by atoms with E-state index in [0.717, 1.165) is 24.2 Å². The number of anilines is 1. The lowest BCUT2D eigenvalue weighted by molar-refractivity contribution is 0.128. The number of hydrogen-bond acceptors (Lipinski definition) is 5. The van der Waals surface area contributed by atoms with Crippen LogP contribution in [0.4, 0.5) is 5.95 Å². The number of aliphatic hydroxyl groups is 1. The molecular formula is C15H17ClN4O. The van der Waals surface area contributed by atoms with E-state index in [4.69, 9.17) is 11.6 Å². The highest BCUT2D eigenvalue weighted by Crippen LogP contribution is 2.21. The van der Waals surface area contributed by atoms with Crippen molar-refractivity contribution in [2.75, 3.05) is 18.4 Å². The number of benzene rings is 1. The lowest BCUT2D eigenvalue weighted by Crippen LogP contribution is -2.47. The summed E-state index contributed by atoms with van der Waals surface area (Å²) in [5.41, 5.74) is 1.75. The average molecular weight is 305 g/mol. The lowest BCUT2D eigenvalue weighted by Gasteiger charge is -2.29. The zero-order valence-electron chi connectivity index (χ0n) is 11.5. The predicted molar refractivity (Wildman–Crippen MR) is 83.4 cm³/mol. The monoisotopic (exact) mass is 304 g/mol. The quantitative estimate of drug-likeness (QED) is 0.808. The third kappa shape index (κ3) is 3.50. The van der Waals surface area contributed by atoms with Gasteiger partial charge in [0.15, 0.2) is 0 Å². The van der Waals surface area contributed by atoms with E-state index in [1.165, 1.54) is 0 Å². The molecule has 2 heterocycles. The molecule has 5 nitrogen and oxygen atoms in total. The minimum atomic E-state index is -0.433. The summed E-state index contributed by atoms with van der Waals surface area (Å²) in [4.78, 5) is 8.73. The van der Waals surface area contributed by atoms with E-state index in [9.17, 15) is 5.11 Å². The van der Waals surface area contributed by atoms with Crippen LogP contribution < -0.4 is 10.6 Å². The first-order valence-electron chi connectivity index (χ1n) is 6.97. The van der Waals surface area contributed by atoms with Gasteiger partial charge in [-0.2, -0.15) is 0 Å². The average Bonchev–Trinajstić information content (AvgIpc) is 2.50. The van der Waals surface area contributed by atoms with Crippen LogP contribution in [0.15, 0.2) is 36.5 Å². The lowest BCUT2D eigenvalue weighted by atomic mass is 10.0. The van der Waals surface area contributed by atoms with E-state index in [-0.39, 0.29) is 6.04 Å². The van der Waals surface area contributed by atoms with Crippen LogP contribution in [0, 0.1) is 0 Å². The summed E-state index contributed by atoms with van der Waals surface area (Å²) < 4.78 is 0. The van der Waals surface area contributed by atoms with Gasteiger partial charge in [0.2, 0.25) is 5.95 Å². The van der Waals surface area contributed by atoms with Crippen molar-refractivity contribution in [3.8, 4) is 11.3 Å². The maximum absolute atomic E-state index is 9.95. The normalized spacial score (nSPS) is 22.0. The van der Waals surface area contributed by atoms with Crippen LogP contribution in [0.1, 0.15) is 6.42 Å². The van der Waals surface area contributed by atoms with Gasteiger partial charge in [0.05, 0.1) is 17.8 Å². The van der Waals surface area contributed by atoms with E-state index in [2.05, 4.69) is 20.6 Å². The largest absolute Gasteiger partial charge is 0.390 e. The molecule has 1 aliphatic rings. The Morgan fingerprint density at radius 2 is 2.24 bits per heavy atom. The molecular weight excluding hydrogens is 288 g/mol. The Morgan fingerprint density at radius 3 is 3.05 bits per heavy atom. The highest BCUT2D eigenvalue weighted by molar-refractivity contribution is 6.30. The number of aliphatic hydroxyl groups excluding tert-OH is 1. The molecule has 0 unspecified atom stereocenters. The number of rotatable bonds is 3. The summed E-state index contributed by atoms with van der Waals surface area (Å²) in [6.07, 6.45) is 2.11. The summed E-state index contributed by atoms with van der Waals surface area (Å²) in [5, 5.41) is 17.0. The Kier molecular flexibility index (Phi) is 4.34. The van der Waals surface area contributed by atoms with Crippen LogP contribution in [0.3, 0.4) is 0 Å². The van der Waals surface area contributed by atoms with E-state index >= 15 is 0 Å². The van der Waals surface area contributed by atoms with Crippen LogP contribution in [-0.4, -0.2) is 40.3 Å². The molecule has 0 amide bonds. The van der Waals surface area contributed by atoms with Crippen molar-refractivity contribution >= 4 is 17.5 Å². The first kappa shape index (κ1) is 14.3. The minimum Gasteiger partial charge on any atom is -0.390 e. The van der Waals surface area contributed by atoms with Gasteiger partial charge in [-0.15, -0.1) is 0 Å². The Balaban J connectivity index is 1.80. The third-order valence-electron chi connectivity index (χ3n) is 3.54. The number of nitrogens with zero attached hydrogens (tertiary/aromatic N) is 2. The molecule has 21 heavy (non-hydrogen) atoms. The number of piperidine rings is 1. The van der Waals surface area contributed by atoms with Gasteiger partial charge in [0.1, 0.15) is 0 Å². The first-order chi connectivity index (χ1) is 10.2. The minimum absolute atomic E-state index is 0.0270. The zero-order chi connectivity index (χ0) is 14.7. The molecule has 2 aromatic rings. The van der Waals surface area contributed by atoms with Crippen LogP contribution >= 0.6 is 11.6 Å². The molecule has 1 saturated heterocycles. The van der Waals surface area contributed by atoms with E-state index in [0.29, 0.717) is 17.5 Å². The van der Waals surface area contributed by atoms with Gasteiger partial charge >= 0.3 is 0 Å². The maximum Gasteiger partial charge on any atom is 0.223 e. The predicted octanol–water partition coefficient (Wildman–Crippen LogP) is 1.93. The van der Waals surface area contributed by atoms with E-state index in [1.54, 1.807) is 6.20 Å².